The molecule has 0 spiro atoms. The van der Waals surface area contributed by atoms with Crippen LogP contribution in [0.2, 0.25) is 0 Å². The first-order chi connectivity index (χ1) is 9.81. The predicted octanol–water partition coefficient (Wildman–Crippen LogP) is 1.75. The molecule has 0 aliphatic rings. The number of methoxy groups -OCH3 is 1. The smallest absolute Gasteiger partial charge is 0.161 e. The Bertz CT molecular complexity index is 393. The Morgan fingerprint density at radius 2 is 2.15 bits per heavy atom. The second-order valence-corrected chi connectivity index (χ2v) is 4.42. The Labute approximate surface area is 121 Å². The molecule has 4 heteroatoms. The second-order valence-electron chi connectivity index (χ2n) is 4.42. The van der Waals surface area contributed by atoms with Gasteiger partial charge in [0.2, 0.25) is 0 Å². The molecule has 1 aromatic carbocycles. The van der Waals surface area contributed by atoms with Gasteiger partial charge in [0.1, 0.15) is 13.2 Å². The summed E-state index contributed by atoms with van der Waals surface area (Å²) < 4.78 is 16.2. The van der Waals surface area contributed by atoms with Crippen molar-refractivity contribution in [3.8, 4) is 11.5 Å². The van der Waals surface area contributed by atoms with E-state index in [4.69, 9.17) is 14.2 Å². The van der Waals surface area contributed by atoms with Crippen LogP contribution in [0.1, 0.15) is 18.9 Å². The molecule has 20 heavy (non-hydrogen) atoms. The highest BCUT2D eigenvalue weighted by molar-refractivity contribution is 5.42. The van der Waals surface area contributed by atoms with E-state index < -0.39 is 0 Å². The minimum absolute atomic E-state index is 0.485. The van der Waals surface area contributed by atoms with Gasteiger partial charge in [0.05, 0.1) is 20.3 Å². The van der Waals surface area contributed by atoms with Crippen LogP contribution in [-0.4, -0.2) is 33.5 Å². The van der Waals surface area contributed by atoms with Crippen LogP contribution < -0.4 is 14.8 Å². The standard InChI is InChI=1S/C16H25NO3/c1-4-10-20-15-8-7-14(12-16(15)18-3)13-17-9-6-11-19-5-2/h4,7-8,12,17H,1,5-6,9-11,13H2,2-3H3/p+1. The van der Waals surface area contributed by atoms with Crippen LogP contribution in [0.4, 0.5) is 0 Å². The molecule has 0 saturated heterocycles. The van der Waals surface area contributed by atoms with E-state index >= 15 is 0 Å². The van der Waals surface area contributed by atoms with Gasteiger partial charge in [-0.3, -0.25) is 0 Å². The maximum absolute atomic E-state index is 5.53. The third-order valence-corrected chi connectivity index (χ3v) is 2.87. The Morgan fingerprint density at radius 3 is 2.85 bits per heavy atom. The average molecular weight is 280 g/mol. The van der Waals surface area contributed by atoms with Crippen LogP contribution in [-0.2, 0) is 11.3 Å². The molecule has 0 fully saturated rings. The third-order valence-electron chi connectivity index (χ3n) is 2.87. The van der Waals surface area contributed by atoms with E-state index in [9.17, 15) is 0 Å². The summed E-state index contributed by atoms with van der Waals surface area (Å²) in [6.45, 7) is 9.78. The first kappa shape index (κ1) is 16.5. The molecule has 0 amide bonds. The zero-order valence-corrected chi connectivity index (χ0v) is 12.6. The summed E-state index contributed by atoms with van der Waals surface area (Å²) >= 11 is 0. The normalized spacial score (nSPS) is 10.3. The van der Waals surface area contributed by atoms with Gasteiger partial charge in [-0.2, -0.15) is 0 Å². The van der Waals surface area contributed by atoms with E-state index in [1.807, 2.05) is 19.1 Å². The first-order valence-corrected chi connectivity index (χ1v) is 7.11. The van der Waals surface area contributed by atoms with Gasteiger partial charge >= 0.3 is 0 Å². The molecule has 112 valence electrons. The Balaban J connectivity index is 2.40. The fourth-order valence-electron chi connectivity index (χ4n) is 1.85. The van der Waals surface area contributed by atoms with Gasteiger partial charge in [-0.15, -0.1) is 0 Å². The lowest BCUT2D eigenvalue weighted by Crippen LogP contribution is -2.82. The quantitative estimate of drug-likeness (QED) is 0.496. The van der Waals surface area contributed by atoms with Crippen LogP contribution in [0.5, 0.6) is 11.5 Å². The predicted molar refractivity (Wildman–Crippen MR) is 80.3 cm³/mol. The molecule has 0 unspecified atom stereocenters. The number of nitrogens with two attached hydrogens (primary N) is 1. The van der Waals surface area contributed by atoms with Crippen LogP contribution in [0.25, 0.3) is 0 Å². The number of hydrogen-bond donors (Lipinski definition) is 1. The Kier molecular flexibility index (Phi) is 8.51. The zero-order chi connectivity index (χ0) is 14.6. The molecule has 2 N–H and O–H groups in total. The van der Waals surface area contributed by atoms with Crippen LogP contribution in [0, 0.1) is 0 Å². The molecule has 1 aromatic rings. The number of benzene rings is 1. The van der Waals surface area contributed by atoms with Gasteiger partial charge in [0.25, 0.3) is 0 Å². The molecule has 0 heterocycles. The summed E-state index contributed by atoms with van der Waals surface area (Å²) in [5, 5.41) is 2.28. The molecule has 0 aromatic heterocycles. The third kappa shape index (κ3) is 6.08. The van der Waals surface area contributed by atoms with Gasteiger partial charge in [0.15, 0.2) is 11.5 Å². The van der Waals surface area contributed by atoms with E-state index in [0.29, 0.717) is 6.61 Å². The summed E-state index contributed by atoms with van der Waals surface area (Å²) in [6.07, 6.45) is 2.80. The minimum atomic E-state index is 0.485. The van der Waals surface area contributed by atoms with Gasteiger partial charge in [-0.1, -0.05) is 12.7 Å². The average Bonchev–Trinajstić information content (AvgIpc) is 2.49. The van der Waals surface area contributed by atoms with Crippen molar-refractivity contribution in [2.45, 2.75) is 19.9 Å². The number of rotatable bonds is 11. The highest BCUT2D eigenvalue weighted by atomic mass is 16.5. The molecule has 0 aliphatic heterocycles. The highest BCUT2D eigenvalue weighted by Crippen LogP contribution is 2.27. The number of hydrogen-bond acceptors (Lipinski definition) is 3. The van der Waals surface area contributed by atoms with Crippen molar-refractivity contribution in [2.75, 3.05) is 33.5 Å². The van der Waals surface area contributed by atoms with Crippen molar-refractivity contribution in [2.24, 2.45) is 0 Å². The molecule has 0 aliphatic carbocycles. The Hall–Kier alpha value is -1.52. The second kappa shape index (κ2) is 10.3. The SMILES string of the molecule is C=CCOc1ccc(C[NH2+]CCCOCC)cc1OC. The van der Waals surface area contributed by atoms with Gasteiger partial charge in [-0.25, -0.2) is 0 Å². The fourth-order valence-corrected chi connectivity index (χ4v) is 1.85. The summed E-state index contributed by atoms with van der Waals surface area (Å²) in [6, 6.07) is 6.04. The lowest BCUT2D eigenvalue weighted by Gasteiger charge is -2.10. The van der Waals surface area contributed by atoms with Crippen molar-refractivity contribution in [1.82, 2.24) is 0 Å². The van der Waals surface area contributed by atoms with E-state index in [-0.39, 0.29) is 0 Å². The van der Waals surface area contributed by atoms with E-state index in [1.54, 1.807) is 13.2 Å². The Morgan fingerprint density at radius 1 is 1.30 bits per heavy atom. The molecule has 0 radical (unpaired) electrons. The summed E-state index contributed by atoms with van der Waals surface area (Å²) in [5.74, 6) is 1.53. The molecule has 0 bridgehead atoms. The maximum atomic E-state index is 5.53. The van der Waals surface area contributed by atoms with E-state index in [0.717, 1.165) is 44.2 Å². The topological polar surface area (TPSA) is 44.3 Å². The van der Waals surface area contributed by atoms with Crippen molar-refractivity contribution in [3.63, 3.8) is 0 Å². The first-order valence-electron chi connectivity index (χ1n) is 7.11. The molecule has 0 saturated carbocycles. The number of ether oxygens (including phenoxy) is 3. The fraction of sp³-hybridized carbons (Fsp3) is 0.500. The van der Waals surface area contributed by atoms with Crippen LogP contribution in [0.15, 0.2) is 30.9 Å². The molecular formula is C16H26NO3+. The van der Waals surface area contributed by atoms with Gasteiger partial charge in [-0.05, 0) is 25.1 Å². The highest BCUT2D eigenvalue weighted by Gasteiger charge is 2.06. The van der Waals surface area contributed by atoms with Crippen molar-refractivity contribution < 1.29 is 19.5 Å². The summed E-state index contributed by atoms with van der Waals surface area (Å²) in [5.41, 5.74) is 1.23. The van der Waals surface area contributed by atoms with Crippen LogP contribution >= 0.6 is 0 Å². The van der Waals surface area contributed by atoms with Gasteiger partial charge in [0, 0.05) is 18.6 Å². The zero-order valence-electron chi connectivity index (χ0n) is 12.6. The minimum Gasteiger partial charge on any atom is -0.493 e. The number of quaternary nitrogens is 1. The maximum Gasteiger partial charge on any atom is 0.161 e. The lowest BCUT2D eigenvalue weighted by molar-refractivity contribution is -0.671. The monoisotopic (exact) mass is 280 g/mol. The largest absolute Gasteiger partial charge is 0.493 e. The molecule has 4 nitrogen and oxygen atoms in total. The molecular weight excluding hydrogens is 254 g/mol. The van der Waals surface area contributed by atoms with E-state index in [2.05, 4.69) is 18.0 Å². The van der Waals surface area contributed by atoms with Crippen molar-refractivity contribution in [1.29, 1.82) is 0 Å². The van der Waals surface area contributed by atoms with Crippen molar-refractivity contribution >= 4 is 0 Å². The van der Waals surface area contributed by atoms with E-state index in [1.165, 1.54) is 5.56 Å². The molecule has 1 rings (SSSR count). The van der Waals surface area contributed by atoms with Gasteiger partial charge < -0.3 is 19.5 Å². The van der Waals surface area contributed by atoms with Crippen LogP contribution in [0.3, 0.4) is 0 Å². The lowest BCUT2D eigenvalue weighted by atomic mass is 10.2. The molecule has 0 atom stereocenters. The van der Waals surface area contributed by atoms with Crippen molar-refractivity contribution in [3.05, 3.63) is 36.4 Å². The summed E-state index contributed by atoms with van der Waals surface area (Å²) in [7, 11) is 1.66. The summed E-state index contributed by atoms with van der Waals surface area (Å²) in [4.78, 5) is 0.